The van der Waals surface area contributed by atoms with Gasteiger partial charge in [0.2, 0.25) is 5.76 Å². The van der Waals surface area contributed by atoms with Crippen LogP contribution in [0.15, 0.2) is 53.2 Å². The standard InChI is InChI=1S/C22H19F3N2O5/c1-29-16-10-13-7-9-27(21(28)17-6-8-26-32-17)20(19(13)18(12-16)30-2)14-4-3-5-15(11-14)31-22(23,24)25/h3-6,8,10-12,20H,7,9H2,1-2H3. The molecule has 0 N–H and O–H groups in total. The fraction of sp³-hybridized carbons (Fsp3) is 0.273. The van der Waals surface area contributed by atoms with Crippen LogP contribution in [0.25, 0.3) is 0 Å². The van der Waals surface area contributed by atoms with Crippen molar-refractivity contribution in [1.29, 1.82) is 0 Å². The maximum Gasteiger partial charge on any atom is 0.573 e. The molecular formula is C22H19F3N2O5. The lowest BCUT2D eigenvalue weighted by Gasteiger charge is -2.38. The molecule has 0 saturated carbocycles. The molecular weight excluding hydrogens is 429 g/mol. The van der Waals surface area contributed by atoms with E-state index in [0.717, 1.165) is 5.56 Å². The van der Waals surface area contributed by atoms with E-state index < -0.39 is 18.3 Å². The van der Waals surface area contributed by atoms with Gasteiger partial charge in [0.15, 0.2) is 0 Å². The second-order valence-electron chi connectivity index (χ2n) is 7.05. The summed E-state index contributed by atoms with van der Waals surface area (Å²) >= 11 is 0. The molecule has 1 atom stereocenters. The van der Waals surface area contributed by atoms with Gasteiger partial charge in [-0.15, -0.1) is 13.2 Å². The van der Waals surface area contributed by atoms with Crippen molar-refractivity contribution in [3.8, 4) is 17.2 Å². The zero-order valence-corrected chi connectivity index (χ0v) is 17.2. The van der Waals surface area contributed by atoms with E-state index in [2.05, 4.69) is 9.89 Å². The van der Waals surface area contributed by atoms with Crippen LogP contribution in [0.1, 0.15) is 33.3 Å². The highest BCUT2D eigenvalue weighted by molar-refractivity contribution is 5.92. The number of halogens is 3. The minimum Gasteiger partial charge on any atom is -0.497 e. The van der Waals surface area contributed by atoms with E-state index in [1.54, 1.807) is 12.1 Å². The lowest BCUT2D eigenvalue weighted by Crippen LogP contribution is -2.40. The highest BCUT2D eigenvalue weighted by Gasteiger charge is 2.37. The largest absolute Gasteiger partial charge is 0.573 e. The molecule has 0 fully saturated rings. The number of carbonyl (C=O) groups is 1. The summed E-state index contributed by atoms with van der Waals surface area (Å²) < 4.78 is 58.5. The number of benzene rings is 2. The Hall–Kier alpha value is -3.69. The van der Waals surface area contributed by atoms with Gasteiger partial charge in [-0.1, -0.05) is 17.3 Å². The van der Waals surface area contributed by atoms with Crippen molar-refractivity contribution in [2.24, 2.45) is 0 Å². The first kappa shape index (κ1) is 21.5. The van der Waals surface area contributed by atoms with Gasteiger partial charge in [0.1, 0.15) is 17.2 Å². The molecule has 1 aromatic heterocycles. The summed E-state index contributed by atoms with van der Waals surface area (Å²) in [6.45, 7) is 0.290. The zero-order valence-electron chi connectivity index (χ0n) is 17.2. The van der Waals surface area contributed by atoms with Crippen LogP contribution in [-0.2, 0) is 6.42 Å². The van der Waals surface area contributed by atoms with Crippen LogP contribution in [0.4, 0.5) is 13.2 Å². The van der Waals surface area contributed by atoms with Crippen molar-refractivity contribution in [2.75, 3.05) is 20.8 Å². The van der Waals surface area contributed by atoms with Crippen LogP contribution in [0.5, 0.6) is 17.2 Å². The number of rotatable bonds is 5. The molecule has 1 unspecified atom stereocenters. The van der Waals surface area contributed by atoms with Crippen molar-refractivity contribution >= 4 is 5.91 Å². The Bertz CT molecular complexity index is 1100. The summed E-state index contributed by atoms with van der Waals surface area (Å²) in [7, 11) is 3.01. The fourth-order valence-corrected chi connectivity index (χ4v) is 3.90. The topological polar surface area (TPSA) is 74.0 Å². The Balaban J connectivity index is 1.86. The number of nitrogens with zero attached hydrogens (tertiary/aromatic N) is 2. The summed E-state index contributed by atoms with van der Waals surface area (Å²) in [5, 5.41) is 3.58. The van der Waals surface area contributed by atoms with Gasteiger partial charge >= 0.3 is 6.36 Å². The highest BCUT2D eigenvalue weighted by Crippen LogP contribution is 2.44. The van der Waals surface area contributed by atoms with Crippen molar-refractivity contribution in [1.82, 2.24) is 10.1 Å². The van der Waals surface area contributed by atoms with Crippen LogP contribution in [0.3, 0.4) is 0 Å². The van der Waals surface area contributed by atoms with Crippen LogP contribution in [0, 0.1) is 0 Å². The molecule has 32 heavy (non-hydrogen) atoms. The van der Waals surface area contributed by atoms with Crippen LogP contribution < -0.4 is 14.2 Å². The van der Waals surface area contributed by atoms with E-state index in [-0.39, 0.29) is 18.1 Å². The van der Waals surface area contributed by atoms with E-state index >= 15 is 0 Å². The molecule has 7 nitrogen and oxygen atoms in total. The summed E-state index contributed by atoms with van der Waals surface area (Å²) in [6.07, 6.45) is -3.01. The van der Waals surface area contributed by atoms with Gasteiger partial charge in [0, 0.05) is 24.2 Å². The van der Waals surface area contributed by atoms with E-state index in [4.69, 9.17) is 14.0 Å². The van der Waals surface area contributed by atoms with Crippen molar-refractivity contribution < 1.29 is 36.7 Å². The number of methoxy groups -OCH3 is 2. The molecule has 2 heterocycles. The average Bonchev–Trinajstić information content (AvgIpc) is 3.31. The average molecular weight is 448 g/mol. The summed E-state index contributed by atoms with van der Waals surface area (Å²) in [5.74, 6) is 0.207. The second-order valence-corrected chi connectivity index (χ2v) is 7.05. The third-order valence-electron chi connectivity index (χ3n) is 5.18. The molecule has 2 aromatic carbocycles. The zero-order chi connectivity index (χ0) is 22.9. The highest BCUT2D eigenvalue weighted by atomic mass is 19.4. The van der Waals surface area contributed by atoms with E-state index in [1.807, 2.05) is 6.07 Å². The summed E-state index contributed by atoms with van der Waals surface area (Å²) in [5.41, 5.74) is 1.93. The molecule has 3 aromatic rings. The first-order valence-electron chi connectivity index (χ1n) is 9.63. The van der Waals surface area contributed by atoms with Crippen molar-refractivity contribution in [3.05, 3.63) is 71.1 Å². The van der Waals surface area contributed by atoms with Crippen LogP contribution in [-0.4, -0.2) is 43.1 Å². The van der Waals surface area contributed by atoms with E-state index in [0.29, 0.717) is 29.0 Å². The second kappa shape index (κ2) is 8.45. The number of ether oxygens (including phenoxy) is 3. The molecule has 10 heteroatoms. The fourth-order valence-electron chi connectivity index (χ4n) is 3.90. The van der Waals surface area contributed by atoms with Gasteiger partial charge in [0.25, 0.3) is 5.91 Å². The number of hydrogen-bond acceptors (Lipinski definition) is 6. The Morgan fingerprint density at radius 2 is 1.94 bits per heavy atom. The Kier molecular flexibility index (Phi) is 5.68. The smallest absolute Gasteiger partial charge is 0.497 e. The lowest BCUT2D eigenvalue weighted by molar-refractivity contribution is -0.274. The molecule has 0 radical (unpaired) electrons. The van der Waals surface area contributed by atoms with Gasteiger partial charge in [-0.2, -0.15) is 0 Å². The SMILES string of the molecule is COc1cc2c(c(OC)c1)C(c1cccc(OC(F)(F)F)c1)N(C(=O)c1ccno1)CC2. The molecule has 0 bridgehead atoms. The molecule has 1 amide bonds. The number of alkyl halides is 3. The lowest BCUT2D eigenvalue weighted by atomic mass is 9.86. The molecule has 0 saturated heterocycles. The third kappa shape index (κ3) is 4.20. The van der Waals surface area contributed by atoms with Crippen molar-refractivity contribution in [2.45, 2.75) is 18.8 Å². The van der Waals surface area contributed by atoms with E-state index in [1.165, 1.54) is 49.6 Å². The molecule has 168 valence electrons. The van der Waals surface area contributed by atoms with Gasteiger partial charge in [0.05, 0.1) is 26.5 Å². The molecule has 1 aliphatic rings. The number of hydrogen-bond donors (Lipinski definition) is 0. The monoisotopic (exact) mass is 448 g/mol. The maximum absolute atomic E-state index is 13.2. The minimum absolute atomic E-state index is 0.0219. The molecule has 1 aliphatic heterocycles. The quantitative estimate of drug-likeness (QED) is 0.577. The van der Waals surface area contributed by atoms with Crippen LogP contribution in [0.2, 0.25) is 0 Å². The minimum atomic E-state index is -4.84. The normalized spacial score (nSPS) is 15.8. The van der Waals surface area contributed by atoms with Crippen LogP contribution >= 0.6 is 0 Å². The number of amides is 1. The van der Waals surface area contributed by atoms with E-state index in [9.17, 15) is 18.0 Å². The molecule has 0 spiro atoms. The first-order valence-corrected chi connectivity index (χ1v) is 9.63. The first-order chi connectivity index (χ1) is 15.3. The van der Waals surface area contributed by atoms with Gasteiger partial charge < -0.3 is 23.6 Å². The summed E-state index contributed by atoms with van der Waals surface area (Å²) in [4.78, 5) is 14.7. The maximum atomic E-state index is 13.2. The number of carbonyl (C=O) groups excluding carboxylic acids is 1. The van der Waals surface area contributed by atoms with Crippen molar-refractivity contribution in [3.63, 3.8) is 0 Å². The predicted octanol–water partition coefficient (Wildman–Crippen LogP) is 4.38. The Labute approximate surface area is 181 Å². The Morgan fingerprint density at radius 3 is 2.59 bits per heavy atom. The number of fused-ring (bicyclic) bond motifs is 1. The predicted molar refractivity (Wildman–Crippen MR) is 106 cm³/mol. The van der Waals surface area contributed by atoms with Gasteiger partial charge in [-0.05, 0) is 35.7 Å². The summed E-state index contributed by atoms with van der Waals surface area (Å²) in [6, 6.07) is 9.72. The Morgan fingerprint density at radius 1 is 1.12 bits per heavy atom. The third-order valence-corrected chi connectivity index (χ3v) is 5.18. The molecule has 0 aliphatic carbocycles. The van der Waals surface area contributed by atoms with Gasteiger partial charge in [-0.25, -0.2) is 0 Å². The van der Waals surface area contributed by atoms with Gasteiger partial charge in [-0.3, -0.25) is 4.79 Å². The number of aromatic nitrogens is 1. The molecule has 4 rings (SSSR count).